The summed E-state index contributed by atoms with van der Waals surface area (Å²) in [6.45, 7) is 4.12. The third kappa shape index (κ3) is 1.75. The number of aromatic nitrogens is 1. The Morgan fingerprint density at radius 3 is 2.55 bits per heavy atom. The lowest BCUT2D eigenvalue weighted by molar-refractivity contribution is -0.128. The minimum Gasteiger partial charge on any atom is -0.361 e. The fourth-order valence-corrected chi connectivity index (χ4v) is 2.54. The monoisotopic (exact) mass is 278 g/mol. The van der Waals surface area contributed by atoms with Gasteiger partial charge in [-0.15, -0.1) is 0 Å². The normalized spacial score (nSPS) is 19.3. The third-order valence-electron chi connectivity index (χ3n) is 3.64. The molecule has 0 unspecified atom stereocenters. The van der Waals surface area contributed by atoms with E-state index in [1.54, 1.807) is 18.7 Å². The summed E-state index contributed by atoms with van der Waals surface area (Å²) < 4.78 is 4.97. The van der Waals surface area contributed by atoms with Crippen LogP contribution < -0.4 is 5.32 Å². The molecule has 2 aliphatic heterocycles. The number of likely N-dealkylation sites (tertiary alicyclic amines) is 1. The summed E-state index contributed by atoms with van der Waals surface area (Å²) in [6.07, 6.45) is 0. The molecule has 0 bridgehead atoms. The summed E-state index contributed by atoms with van der Waals surface area (Å²) in [6, 6.07) is -0.626. The molecule has 2 fully saturated rings. The molecule has 4 amide bonds. The summed E-state index contributed by atoms with van der Waals surface area (Å²) in [5, 5.41) is 6.21. The van der Waals surface area contributed by atoms with Crippen molar-refractivity contribution < 1.29 is 18.9 Å². The first-order chi connectivity index (χ1) is 9.49. The fraction of sp³-hybridized carbons (Fsp3) is 0.500. The molecule has 0 saturated carbocycles. The van der Waals surface area contributed by atoms with E-state index < -0.39 is 0 Å². The molecule has 8 nitrogen and oxygen atoms in total. The van der Waals surface area contributed by atoms with Gasteiger partial charge in [-0.2, -0.15) is 0 Å². The van der Waals surface area contributed by atoms with Crippen molar-refractivity contribution in [2.24, 2.45) is 0 Å². The second kappa shape index (κ2) is 4.32. The first-order valence-electron chi connectivity index (χ1n) is 6.31. The minimum absolute atomic E-state index is 0.0349. The zero-order chi connectivity index (χ0) is 14.4. The van der Waals surface area contributed by atoms with Crippen molar-refractivity contribution >= 4 is 17.8 Å². The predicted molar refractivity (Wildman–Crippen MR) is 65.9 cm³/mol. The zero-order valence-electron chi connectivity index (χ0n) is 11.2. The van der Waals surface area contributed by atoms with Crippen molar-refractivity contribution in [1.82, 2.24) is 20.3 Å². The van der Waals surface area contributed by atoms with Crippen LogP contribution in [-0.4, -0.2) is 58.5 Å². The van der Waals surface area contributed by atoms with Crippen molar-refractivity contribution in [3.8, 4) is 0 Å². The van der Waals surface area contributed by atoms with Crippen LogP contribution in [0.3, 0.4) is 0 Å². The third-order valence-corrected chi connectivity index (χ3v) is 3.64. The van der Waals surface area contributed by atoms with Gasteiger partial charge in [0.25, 0.3) is 5.91 Å². The van der Waals surface area contributed by atoms with Crippen molar-refractivity contribution in [3.63, 3.8) is 0 Å². The van der Waals surface area contributed by atoms with Crippen LogP contribution >= 0.6 is 0 Å². The van der Waals surface area contributed by atoms with Crippen LogP contribution in [0.2, 0.25) is 0 Å². The second-order valence-electron chi connectivity index (χ2n) is 4.99. The molecular weight excluding hydrogens is 264 g/mol. The van der Waals surface area contributed by atoms with Gasteiger partial charge in [0.1, 0.15) is 11.3 Å². The molecule has 1 N–H and O–H groups in total. The average Bonchev–Trinajstić information content (AvgIpc) is 2.83. The zero-order valence-corrected chi connectivity index (χ0v) is 11.2. The number of rotatable bonds is 2. The summed E-state index contributed by atoms with van der Waals surface area (Å²) in [7, 11) is 0. The van der Waals surface area contributed by atoms with E-state index in [9.17, 15) is 14.4 Å². The number of nitrogens with zero attached hydrogens (tertiary/aromatic N) is 3. The Hall–Kier alpha value is -2.38. The van der Waals surface area contributed by atoms with Gasteiger partial charge >= 0.3 is 6.03 Å². The Morgan fingerprint density at radius 1 is 1.35 bits per heavy atom. The van der Waals surface area contributed by atoms with Crippen LogP contribution in [0.5, 0.6) is 0 Å². The molecule has 0 atom stereocenters. The first kappa shape index (κ1) is 12.6. The van der Waals surface area contributed by atoms with Crippen molar-refractivity contribution in [2.75, 3.05) is 19.6 Å². The van der Waals surface area contributed by atoms with Gasteiger partial charge in [0.2, 0.25) is 5.91 Å². The summed E-state index contributed by atoms with van der Waals surface area (Å²) in [4.78, 5) is 38.1. The maximum Gasteiger partial charge on any atom is 0.324 e. The lowest BCUT2D eigenvalue weighted by atomic mass is 10.0. The minimum atomic E-state index is -0.385. The van der Waals surface area contributed by atoms with Gasteiger partial charge < -0.3 is 14.7 Å². The maximum absolute atomic E-state index is 12.3. The van der Waals surface area contributed by atoms with Gasteiger partial charge in [-0.05, 0) is 13.8 Å². The highest BCUT2D eigenvalue weighted by atomic mass is 16.5. The topological polar surface area (TPSA) is 95.8 Å². The van der Waals surface area contributed by atoms with Gasteiger partial charge in [-0.25, -0.2) is 4.79 Å². The molecule has 0 radical (unpaired) electrons. The van der Waals surface area contributed by atoms with Crippen LogP contribution in [0.15, 0.2) is 4.52 Å². The lowest BCUT2D eigenvalue weighted by Crippen LogP contribution is -2.62. The number of carbonyl (C=O) groups is 3. The van der Waals surface area contributed by atoms with Gasteiger partial charge in [0, 0.05) is 13.1 Å². The highest BCUT2D eigenvalue weighted by molar-refractivity contribution is 6.03. The van der Waals surface area contributed by atoms with Gasteiger partial charge in [0.05, 0.1) is 18.3 Å². The van der Waals surface area contributed by atoms with Gasteiger partial charge in [-0.3, -0.25) is 14.5 Å². The summed E-state index contributed by atoms with van der Waals surface area (Å²) in [5.74, 6) is 0.0555. The molecule has 1 aromatic heterocycles. The van der Waals surface area contributed by atoms with E-state index in [1.165, 1.54) is 4.90 Å². The van der Waals surface area contributed by atoms with E-state index in [0.717, 1.165) is 0 Å². The molecule has 2 aliphatic rings. The number of carbonyl (C=O) groups excluding carboxylic acids is 3. The highest BCUT2D eigenvalue weighted by Crippen LogP contribution is 2.22. The SMILES string of the molecule is Cc1noc(C)c1C(=O)N1CC(N2C(=O)CNC2=O)C1. The van der Waals surface area contributed by atoms with E-state index in [-0.39, 0.29) is 30.4 Å². The molecule has 3 heterocycles. The number of imide groups is 1. The van der Waals surface area contributed by atoms with Crippen LogP contribution in [0.1, 0.15) is 21.8 Å². The van der Waals surface area contributed by atoms with Crippen LogP contribution in [0.4, 0.5) is 4.79 Å². The number of hydrogen-bond donors (Lipinski definition) is 1. The Balaban J connectivity index is 1.68. The Labute approximate surface area is 114 Å². The van der Waals surface area contributed by atoms with E-state index >= 15 is 0 Å². The van der Waals surface area contributed by atoms with Crippen LogP contribution in [0, 0.1) is 13.8 Å². The number of amides is 4. The fourth-order valence-electron chi connectivity index (χ4n) is 2.54. The average molecular weight is 278 g/mol. The Morgan fingerprint density at radius 2 is 2.05 bits per heavy atom. The van der Waals surface area contributed by atoms with Gasteiger partial charge in [-0.1, -0.05) is 5.16 Å². The molecule has 8 heteroatoms. The quantitative estimate of drug-likeness (QED) is 0.747. The number of nitrogens with one attached hydrogen (secondary N) is 1. The van der Waals surface area contributed by atoms with Crippen LogP contribution in [-0.2, 0) is 4.79 Å². The molecule has 2 saturated heterocycles. The van der Waals surface area contributed by atoms with E-state index in [1.807, 2.05) is 0 Å². The molecule has 0 spiro atoms. The lowest BCUT2D eigenvalue weighted by Gasteiger charge is -2.42. The number of aryl methyl sites for hydroxylation is 2. The smallest absolute Gasteiger partial charge is 0.324 e. The number of hydrogen-bond acceptors (Lipinski definition) is 5. The van der Waals surface area contributed by atoms with Crippen molar-refractivity contribution in [3.05, 3.63) is 17.0 Å². The first-order valence-corrected chi connectivity index (χ1v) is 6.31. The second-order valence-corrected chi connectivity index (χ2v) is 4.99. The summed E-state index contributed by atoms with van der Waals surface area (Å²) >= 11 is 0. The van der Waals surface area contributed by atoms with E-state index in [0.29, 0.717) is 30.1 Å². The predicted octanol–water partition coefficient (Wildman–Crippen LogP) is -0.332. The molecule has 0 aromatic carbocycles. The Bertz CT molecular complexity index is 567. The molecule has 0 aliphatic carbocycles. The molecule has 3 rings (SSSR count). The molecule has 20 heavy (non-hydrogen) atoms. The van der Waals surface area contributed by atoms with Crippen LogP contribution in [0.25, 0.3) is 0 Å². The summed E-state index contributed by atoms with van der Waals surface area (Å²) in [5.41, 5.74) is 1.01. The van der Waals surface area contributed by atoms with E-state index in [4.69, 9.17) is 4.52 Å². The molecule has 1 aromatic rings. The molecule has 106 valence electrons. The Kier molecular flexibility index (Phi) is 2.73. The van der Waals surface area contributed by atoms with Crippen molar-refractivity contribution in [1.29, 1.82) is 0 Å². The standard InChI is InChI=1S/C12H14N4O4/c1-6-10(7(2)20-14-6)11(18)15-4-8(5-15)16-9(17)3-13-12(16)19/h8H,3-5H2,1-2H3,(H,13,19). The number of urea groups is 1. The van der Waals surface area contributed by atoms with Gasteiger partial charge in [0.15, 0.2) is 0 Å². The largest absolute Gasteiger partial charge is 0.361 e. The highest BCUT2D eigenvalue weighted by Gasteiger charge is 2.43. The van der Waals surface area contributed by atoms with E-state index in [2.05, 4.69) is 10.5 Å². The molecular formula is C12H14N4O4. The maximum atomic E-state index is 12.3. The van der Waals surface area contributed by atoms with Crippen molar-refractivity contribution in [2.45, 2.75) is 19.9 Å².